The Labute approximate surface area is 122 Å². The van der Waals surface area contributed by atoms with Gasteiger partial charge in [-0.15, -0.1) is 12.4 Å². The average molecular weight is 311 g/mol. The number of rotatable bonds is 7. The summed E-state index contributed by atoms with van der Waals surface area (Å²) >= 11 is 0. The Morgan fingerprint density at radius 1 is 1.30 bits per heavy atom. The monoisotopic (exact) mass is 310 g/mol. The van der Waals surface area contributed by atoms with Crippen LogP contribution in [0.2, 0.25) is 0 Å². The topological polar surface area (TPSA) is 59.6 Å². The number of hydrogen-bond acceptors (Lipinski definition) is 4. The first kappa shape index (κ1) is 18.4. The predicted octanol–water partition coefficient (Wildman–Crippen LogP) is 1.67. The molecule has 0 saturated carbocycles. The van der Waals surface area contributed by atoms with Gasteiger partial charge in [0.1, 0.15) is 0 Å². The minimum atomic E-state index is -2.98. The molecular formula is C12H17ClF2N2O3. The number of alkyl halides is 2. The summed E-state index contributed by atoms with van der Waals surface area (Å²) in [5, 5.41) is 5.50. The zero-order chi connectivity index (χ0) is 14.3. The van der Waals surface area contributed by atoms with Crippen molar-refractivity contribution in [3.63, 3.8) is 0 Å². The van der Waals surface area contributed by atoms with Crippen molar-refractivity contribution in [2.75, 3.05) is 27.2 Å². The molecule has 0 aliphatic rings. The summed E-state index contributed by atoms with van der Waals surface area (Å²) in [4.78, 5) is 11.7. The van der Waals surface area contributed by atoms with Crippen molar-refractivity contribution in [2.45, 2.75) is 6.61 Å². The maximum atomic E-state index is 12.2. The molecule has 0 saturated heterocycles. The zero-order valence-electron chi connectivity index (χ0n) is 11.1. The van der Waals surface area contributed by atoms with Crippen molar-refractivity contribution in [1.82, 2.24) is 10.6 Å². The van der Waals surface area contributed by atoms with E-state index in [2.05, 4.69) is 15.4 Å². The first-order valence-electron chi connectivity index (χ1n) is 5.64. The highest BCUT2D eigenvalue weighted by molar-refractivity contribution is 5.94. The summed E-state index contributed by atoms with van der Waals surface area (Å²) in [6.45, 7) is -1.93. The van der Waals surface area contributed by atoms with E-state index in [-0.39, 0.29) is 35.4 Å². The molecule has 0 fully saturated rings. The van der Waals surface area contributed by atoms with E-state index in [0.29, 0.717) is 13.1 Å². The fraction of sp³-hybridized carbons (Fsp3) is 0.417. The molecule has 1 rings (SSSR count). The van der Waals surface area contributed by atoms with Crippen LogP contribution in [0.5, 0.6) is 11.5 Å². The highest BCUT2D eigenvalue weighted by Crippen LogP contribution is 2.29. The van der Waals surface area contributed by atoms with Crippen LogP contribution in [0.25, 0.3) is 0 Å². The largest absolute Gasteiger partial charge is 0.493 e. The lowest BCUT2D eigenvalue weighted by atomic mass is 10.2. The van der Waals surface area contributed by atoms with E-state index in [1.165, 1.54) is 25.3 Å². The average Bonchev–Trinajstić information content (AvgIpc) is 2.38. The lowest BCUT2D eigenvalue weighted by Gasteiger charge is -2.11. The summed E-state index contributed by atoms with van der Waals surface area (Å²) in [5.41, 5.74) is 0.229. The molecule has 114 valence electrons. The number of ether oxygens (including phenoxy) is 2. The molecule has 0 aromatic heterocycles. The van der Waals surface area contributed by atoms with Crippen molar-refractivity contribution >= 4 is 18.3 Å². The zero-order valence-corrected chi connectivity index (χ0v) is 11.9. The Bertz CT molecular complexity index is 433. The summed E-state index contributed by atoms with van der Waals surface area (Å²) in [7, 11) is 3.09. The molecular weight excluding hydrogens is 294 g/mol. The van der Waals surface area contributed by atoms with Crippen molar-refractivity contribution in [2.24, 2.45) is 0 Å². The van der Waals surface area contributed by atoms with Gasteiger partial charge in [-0.1, -0.05) is 0 Å². The first-order valence-corrected chi connectivity index (χ1v) is 5.64. The number of carbonyl (C=O) groups is 1. The van der Waals surface area contributed by atoms with Crippen molar-refractivity contribution in [3.05, 3.63) is 23.8 Å². The summed E-state index contributed by atoms with van der Waals surface area (Å²) in [5.74, 6) is -0.386. The molecule has 0 unspecified atom stereocenters. The summed E-state index contributed by atoms with van der Waals surface area (Å²) in [6.07, 6.45) is 0. The maximum absolute atomic E-state index is 12.2. The Kier molecular flexibility index (Phi) is 8.58. The van der Waals surface area contributed by atoms with Crippen molar-refractivity contribution in [3.8, 4) is 11.5 Å². The van der Waals surface area contributed by atoms with Crippen LogP contribution in [0.15, 0.2) is 18.2 Å². The van der Waals surface area contributed by atoms with Crippen LogP contribution >= 0.6 is 12.4 Å². The number of amides is 1. The Balaban J connectivity index is 0.00000361. The number of likely N-dealkylation sites (N-methyl/N-ethyl adjacent to an activating group) is 1. The number of carbonyl (C=O) groups excluding carboxylic acids is 1. The van der Waals surface area contributed by atoms with E-state index in [4.69, 9.17) is 4.74 Å². The highest BCUT2D eigenvalue weighted by Gasteiger charge is 2.14. The van der Waals surface area contributed by atoms with Crippen LogP contribution in [-0.2, 0) is 0 Å². The van der Waals surface area contributed by atoms with E-state index in [1.54, 1.807) is 7.05 Å². The molecule has 1 aromatic carbocycles. The van der Waals surface area contributed by atoms with Crippen LogP contribution in [0, 0.1) is 0 Å². The van der Waals surface area contributed by atoms with E-state index >= 15 is 0 Å². The molecule has 0 heterocycles. The van der Waals surface area contributed by atoms with Gasteiger partial charge < -0.3 is 20.1 Å². The lowest BCUT2D eigenvalue weighted by molar-refractivity contribution is -0.0512. The van der Waals surface area contributed by atoms with Crippen molar-refractivity contribution < 1.29 is 23.0 Å². The Morgan fingerprint density at radius 2 is 2.00 bits per heavy atom. The molecule has 0 aliphatic heterocycles. The second-order valence-electron chi connectivity index (χ2n) is 3.60. The quantitative estimate of drug-likeness (QED) is 0.752. The molecule has 20 heavy (non-hydrogen) atoms. The van der Waals surface area contributed by atoms with Gasteiger partial charge in [0.05, 0.1) is 7.11 Å². The Hall–Kier alpha value is -1.60. The van der Waals surface area contributed by atoms with Gasteiger partial charge in [-0.25, -0.2) is 0 Å². The lowest BCUT2D eigenvalue weighted by Crippen LogP contribution is -2.30. The van der Waals surface area contributed by atoms with E-state index in [1.807, 2.05) is 0 Å². The minimum Gasteiger partial charge on any atom is -0.493 e. The highest BCUT2D eigenvalue weighted by atomic mass is 35.5. The number of nitrogens with one attached hydrogen (secondary N) is 2. The van der Waals surface area contributed by atoms with Gasteiger partial charge in [-0.2, -0.15) is 8.78 Å². The van der Waals surface area contributed by atoms with Gasteiger partial charge in [0.2, 0.25) is 0 Å². The van der Waals surface area contributed by atoms with Crippen LogP contribution < -0.4 is 20.1 Å². The maximum Gasteiger partial charge on any atom is 0.387 e. The van der Waals surface area contributed by atoms with E-state index in [9.17, 15) is 13.6 Å². The van der Waals surface area contributed by atoms with Gasteiger partial charge in [0.25, 0.3) is 5.91 Å². The minimum absolute atomic E-state index is 0. The van der Waals surface area contributed by atoms with Gasteiger partial charge in [0.15, 0.2) is 11.5 Å². The molecule has 1 aromatic rings. The number of hydrogen-bond donors (Lipinski definition) is 2. The molecule has 0 aliphatic carbocycles. The number of halogens is 3. The summed E-state index contributed by atoms with van der Waals surface area (Å²) < 4.78 is 33.6. The third-order valence-corrected chi connectivity index (χ3v) is 2.30. The molecule has 0 radical (unpaired) electrons. The second kappa shape index (κ2) is 9.33. The van der Waals surface area contributed by atoms with Gasteiger partial charge in [0, 0.05) is 18.7 Å². The first-order chi connectivity index (χ1) is 9.08. The predicted molar refractivity (Wildman–Crippen MR) is 73.1 cm³/mol. The smallest absolute Gasteiger partial charge is 0.387 e. The van der Waals surface area contributed by atoms with Gasteiger partial charge in [-0.05, 0) is 25.2 Å². The van der Waals surface area contributed by atoms with Crippen LogP contribution in [0.1, 0.15) is 10.4 Å². The molecule has 0 atom stereocenters. The normalized spacial score (nSPS) is 9.85. The van der Waals surface area contributed by atoms with E-state index < -0.39 is 6.61 Å². The number of benzene rings is 1. The van der Waals surface area contributed by atoms with E-state index in [0.717, 1.165) is 0 Å². The number of methoxy groups -OCH3 is 1. The fourth-order valence-electron chi connectivity index (χ4n) is 1.41. The molecule has 5 nitrogen and oxygen atoms in total. The van der Waals surface area contributed by atoms with Gasteiger partial charge in [-0.3, -0.25) is 4.79 Å². The molecule has 0 spiro atoms. The summed E-state index contributed by atoms with van der Waals surface area (Å²) in [6, 6.07) is 4.11. The fourth-order valence-corrected chi connectivity index (χ4v) is 1.41. The Morgan fingerprint density at radius 3 is 2.55 bits per heavy atom. The van der Waals surface area contributed by atoms with Crippen LogP contribution in [0.3, 0.4) is 0 Å². The third kappa shape index (κ3) is 5.58. The van der Waals surface area contributed by atoms with Crippen LogP contribution in [-0.4, -0.2) is 39.8 Å². The molecule has 2 N–H and O–H groups in total. The van der Waals surface area contributed by atoms with Crippen molar-refractivity contribution in [1.29, 1.82) is 0 Å². The second-order valence-corrected chi connectivity index (χ2v) is 3.60. The molecule has 1 amide bonds. The van der Waals surface area contributed by atoms with Crippen LogP contribution in [0.4, 0.5) is 8.78 Å². The molecule has 8 heteroatoms. The standard InChI is InChI=1S/C12H16F2N2O3.ClH/c1-15-5-6-16-11(17)8-3-4-9(18-2)10(7-8)19-12(13)14;/h3-4,7,12,15H,5-6H2,1-2H3,(H,16,17);1H. The molecule has 0 bridgehead atoms. The van der Waals surface area contributed by atoms with Gasteiger partial charge >= 0.3 is 6.61 Å². The third-order valence-electron chi connectivity index (χ3n) is 2.30. The SMILES string of the molecule is CNCCNC(=O)c1ccc(OC)c(OC(F)F)c1.Cl.